The maximum Gasteiger partial charge on any atom is 0.273 e. The second kappa shape index (κ2) is 7.87. The molecular weight excluding hydrogens is 230 g/mol. The standard InChI is InChI=1S/C13H23N3O2/c1-4-11-10-12(15-18-11)13(17)14-8-7-9-16(5-2)6-3/h10H,4-9H2,1-3H3,(H,14,17). The largest absolute Gasteiger partial charge is 0.361 e. The van der Waals surface area contributed by atoms with Crippen molar-refractivity contribution in [3.05, 3.63) is 17.5 Å². The maximum atomic E-state index is 11.7. The lowest BCUT2D eigenvalue weighted by Crippen LogP contribution is -2.30. The number of aromatic nitrogens is 1. The highest BCUT2D eigenvalue weighted by Crippen LogP contribution is 2.03. The summed E-state index contributed by atoms with van der Waals surface area (Å²) in [7, 11) is 0. The van der Waals surface area contributed by atoms with Crippen LogP contribution in [0, 0.1) is 0 Å². The summed E-state index contributed by atoms with van der Waals surface area (Å²) >= 11 is 0. The van der Waals surface area contributed by atoms with Crippen LogP contribution in [0.4, 0.5) is 0 Å². The van der Waals surface area contributed by atoms with E-state index >= 15 is 0 Å². The van der Waals surface area contributed by atoms with E-state index in [4.69, 9.17) is 4.52 Å². The first kappa shape index (κ1) is 14.7. The van der Waals surface area contributed by atoms with Gasteiger partial charge in [-0.15, -0.1) is 0 Å². The molecule has 1 rings (SSSR count). The van der Waals surface area contributed by atoms with Crippen LogP contribution in [0.5, 0.6) is 0 Å². The van der Waals surface area contributed by atoms with Crippen LogP contribution in [0.1, 0.15) is 43.4 Å². The van der Waals surface area contributed by atoms with Crippen molar-refractivity contribution in [2.75, 3.05) is 26.2 Å². The normalized spacial score (nSPS) is 10.9. The predicted octanol–water partition coefficient (Wildman–Crippen LogP) is 1.70. The summed E-state index contributed by atoms with van der Waals surface area (Å²) in [5.74, 6) is 0.585. The first-order valence-corrected chi connectivity index (χ1v) is 6.67. The van der Waals surface area contributed by atoms with Crippen LogP contribution in [0.25, 0.3) is 0 Å². The number of hydrogen-bond donors (Lipinski definition) is 1. The summed E-state index contributed by atoms with van der Waals surface area (Å²) in [5, 5.41) is 6.59. The number of carbonyl (C=O) groups is 1. The lowest BCUT2D eigenvalue weighted by atomic mass is 10.3. The van der Waals surface area contributed by atoms with Crippen LogP contribution in [0.15, 0.2) is 10.6 Å². The Kier molecular flexibility index (Phi) is 6.43. The van der Waals surface area contributed by atoms with Gasteiger partial charge in [0.2, 0.25) is 0 Å². The smallest absolute Gasteiger partial charge is 0.273 e. The minimum Gasteiger partial charge on any atom is -0.361 e. The van der Waals surface area contributed by atoms with Gasteiger partial charge in [0.15, 0.2) is 5.69 Å². The highest BCUT2D eigenvalue weighted by molar-refractivity contribution is 5.92. The Balaban J connectivity index is 2.25. The SMILES string of the molecule is CCc1cc(C(=O)NCCCN(CC)CC)no1. The second-order valence-electron chi connectivity index (χ2n) is 4.17. The van der Waals surface area contributed by atoms with Gasteiger partial charge in [-0.1, -0.05) is 25.9 Å². The number of aryl methyl sites for hydroxylation is 1. The van der Waals surface area contributed by atoms with E-state index < -0.39 is 0 Å². The number of nitrogens with one attached hydrogen (secondary N) is 1. The molecule has 0 fully saturated rings. The van der Waals surface area contributed by atoms with Crippen molar-refractivity contribution in [2.45, 2.75) is 33.6 Å². The summed E-state index contributed by atoms with van der Waals surface area (Å²) in [4.78, 5) is 14.0. The van der Waals surface area contributed by atoms with Gasteiger partial charge in [-0.25, -0.2) is 0 Å². The fraction of sp³-hybridized carbons (Fsp3) is 0.692. The van der Waals surface area contributed by atoms with Crippen molar-refractivity contribution in [3.63, 3.8) is 0 Å². The van der Waals surface area contributed by atoms with Crippen molar-refractivity contribution in [1.29, 1.82) is 0 Å². The molecule has 0 unspecified atom stereocenters. The van der Waals surface area contributed by atoms with Gasteiger partial charge in [-0.05, 0) is 26.1 Å². The second-order valence-corrected chi connectivity index (χ2v) is 4.17. The minimum absolute atomic E-state index is 0.155. The average molecular weight is 253 g/mol. The number of hydrogen-bond acceptors (Lipinski definition) is 4. The maximum absolute atomic E-state index is 11.7. The predicted molar refractivity (Wildman–Crippen MR) is 70.6 cm³/mol. The molecule has 0 radical (unpaired) electrons. The molecule has 5 heteroatoms. The van der Waals surface area contributed by atoms with Crippen LogP contribution < -0.4 is 5.32 Å². The van der Waals surface area contributed by atoms with Crippen molar-refractivity contribution in [1.82, 2.24) is 15.4 Å². The molecule has 5 nitrogen and oxygen atoms in total. The average Bonchev–Trinajstić information content (AvgIpc) is 2.87. The third-order valence-electron chi connectivity index (χ3n) is 2.97. The van der Waals surface area contributed by atoms with Crippen LogP contribution in [-0.2, 0) is 6.42 Å². The molecule has 102 valence electrons. The van der Waals surface area contributed by atoms with E-state index in [2.05, 4.69) is 29.2 Å². The number of carbonyl (C=O) groups excluding carboxylic acids is 1. The van der Waals surface area contributed by atoms with Crippen molar-refractivity contribution in [2.24, 2.45) is 0 Å². The lowest BCUT2D eigenvalue weighted by Gasteiger charge is -2.17. The molecule has 0 saturated carbocycles. The molecule has 0 aliphatic rings. The summed E-state index contributed by atoms with van der Waals surface area (Å²) in [6.45, 7) is 10.0. The summed E-state index contributed by atoms with van der Waals surface area (Å²) in [6.07, 6.45) is 1.70. The Hall–Kier alpha value is -1.36. The molecule has 0 saturated heterocycles. The summed E-state index contributed by atoms with van der Waals surface area (Å²) in [5.41, 5.74) is 0.370. The number of nitrogens with zero attached hydrogens (tertiary/aromatic N) is 2. The van der Waals surface area contributed by atoms with Crippen LogP contribution >= 0.6 is 0 Å². The quantitative estimate of drug-likeness (QED) is 0.716. The third kappa shape index (κ3) is 4.49. The van der Waals surface area contributed by atoms with E-state index in [0.29, 0.717) is 12.2 Å². The molecule has 1 heterocycles. The molecule has 0 bridgehead atoms. The third-order valence-corrected chi connectivity index (χ3v) is 2.97. The first-order chi connectivity index (χ1) is 8.71. The molecule has 1 amide bonds. The van der Waals surface area contributed by atoms with Crippen molar-refractivity contribution >= 4 is 5.91 Å². The topological polar surface area (TPSA) is 58.4 Å². The highest BCUT2D eigenvalue weighted by atomic mass is 16.5. The molecule has 0 aliphatic heterocycles. The van der Waals surface area contributed by atoms with Gasteiger partial charge in [0.05, 0.1) is 0 Å². The minimum atomic E-state index is -0.155. The Morgan fingerprint density at radius 2 is 2.11 bits per heavy atom. The zero-order valence-electron chi connectivity index (χ0n) is 11.5. The van der Waals surface area contributed by atoms with Gasteiger partial charge in [0, 0.05) is 19.0 Å². The zero-order chi connectivity index (χ0) is 13.4. The van der Waals surface area contributed by atoms with Gasteiger partial charge in [-0.3, -0.25) is 4.79 Å². The summed E-state index contributed by atoms with van der Waals surface area (Å²) < 4.78 is 5.00. The fourth-order valence-corrected chi connectivity index (χ4v) is 1.72. The molecule has 1 N–H and O–H groups in total. The van der Waals surface area contributed by atoms with Crippen molar-refractivity contribution < 1.29 is 9.32 Å². The Bertz CT molecular complexity index is 359. The Morgan fingerprint density at radius 3 is 2.67 bits per heavy atom. The van der Waals surface area contributed by atoms with Gasteiger partial charge in [-0.2, -0.15) is 0 Å². The molecule has 18 heavy (non-hydrogen) atoms. The van der Waals surface area contributed by atoms with Crippen molar-refractivity contribution in [3.8, 4) is 0 Å². The zero-order valence-corrected chi connectivity index (χ0v) is 11.5. The Labute approximate surface area is 109 Å². The van der Waals surface area contributed by atoms with E-state index in [1.165, 1.54) is 0 Å². The molecular formula is C13H23N3O2. The van der Waals surface area contributed by atoms with E-state index in [1.54, 1.807) is 6.07 Å². The van der Waals surface area contributed by atoms with E-state index in [1.807, 2.05) is 6.92 Å². The van der Waals surface area contributed by atoms with Gasteiger partial charge in [0.25, 0.3) is 5.91 Å². The molecule has 0 spiro atoms. The van der Waals surface area contributed by atoms with Gasteiger partial charge >= 0.3 is 0 Å². The summed E-state index contributed by atoms with van der Waals surface area (Å²) in [6, 6.07) is 1.69. The Morgan fingerprint density at radius 1 is 1.39 bits per heavy atom. The van der Waals surface area contributed by atoms with Crippen LogP contribution in [0.2, 0.25) is 0 Å². The van der Waals surface area contributed by atoms with Gasteiger partial charge in [0.1, 0.15) is 5.76 Å². The van der Waals surface area contributed by atoms with E-state index in [9.17, 15) is 4.79 Å². The van der Waals surface area contributed by atoms with Gasteiger partial charge < -0.3 is 14.7 Å². The van der Waals surface area contributed by atoms with E-state index in [0.717, 1.165) is 38.2 Å². The molecule has 0 atom stereocenters. The van der Waals surface area contributed by atoms with Crippen LogP contribution in [-0.4, -0.2) is 42.1 Å². The highest BCUT2D eigenvalue weighted by Gasteiger charge is 2.10. The van der Waals surface area contributed by atoms with Crippen LogP contribution in [0.3, 0.4) is 0 Å². The molecule has 1 aromatic heterocycles. The molecule has 0 aromatic carbocycles. The fourth-order valence-electron chi connectivity index (χ4n) is 1.72. The number of amides is 1. The van der Waals surface area contributed by atoms with E-state index in [-0.39, 0.29) is 5.91 Å². The monoisotopic (exact) mass is 253 g/mol. The molecule has 1 aromatic rings. The first-order valence-electron chi connectivity index (χ1n) is 6.67. The molecule has 0 aliphatic carbocycles. The number of rotatable bonds is 8. The lowest BCUT2D eigenvalue weighted by molar-refractivity contribution is 0.0942.